The van der Waals surface area contributed by atoms with Crippen LogP contribution in [0, 0.1) is 0 Å². The van der Waals surface area contributed by atoms with E-state index >= 15 is 0 Å². The van der Waals surface area contributed by atoms with Gasteiger partial charge in [0.25, 0.3) is 10.0 Å². The van der Waals surface area contributed by atoms with Gasteiger partial charge in [0, 0.05) is 17.2 Å². The molecule has 0 atom stereocenters. The number of rotatable bonds is 4. The van der Waals surface area contributed by atoms with E-state index in [0.29, 0.717) is 21.7 Å². The van der Waals surface area contributed by atoms with Crippen molar-refractivity contribution in [2.24, 2.45) is 0 Å². The summed E-state index contributed by atoms with van der Waals surface area (Å²) in [5, 5.41) is 4.41. The van der Waals surface area contributed by atoms with E-state index in [-0.39, 0.29) is 10.7 Å². The van der Waals surface area contributed by atoms with Crippen LogP contribution in [0.15, 0.2) is 33.8 Å². The molecule has 0 saturated carbocycles. The quantitative estimate of drug-likeness (QED) is 0.854. The number of aromatic nitrogens is 2. The second kappa shape index (κ2) is 5.63. The Balaban J connectivity index is 2.35. The van der Waals surface area contributed by atoms with E-state index in [1.54, 1.807) is 18.2 Å². The van der Waals surface area contributed by atoms with E-state index in [9.17, 15) is 8.42 Å². The highest BCUT2D eigenvalue weighted by molar-refractivity contribution is 9.10. The summed E-state index contributed by atoms with van der Waals surface area (Å²) in [5.41, 5.74) is 6.01. The largest absolute Gasteiger partial charge is 0.381 e. The molecule has 3 N–H and O–H groups in total. The number of hydrogen-bond acceptors (Lipinski definition) is 4. The number of nitrogen functional groups attached to an aromatic ring is 1. The Hall–Kier alpha value is -1.25. The third-order valence-electron chi connectivity index (χ3n) is 2.54. The van der Waals surface area contributed by atoms with Gasteiger partial charge in [-0.3, -0.25) is 9.40 Å². The Labute approximate surface area is 130 Å². The van der Waals surface area contributed by atoms with Crippen molar-refractivity contribution >= 4 is 49.1 Å². The molecule has 0 bridgehead atoms. The summed E-state index contributed by atoms with van der Waals surface area (Å²) in [7, 11) is -3.79. The Morgan fingerprint density at radius 3 is 2.75 bits per heavy atom. The third kappa shape index (κ3) is 3.08. The van der Waals surface area contributed by atoms with Crippen LogP contribution >= 0.6 is 27.5 Å². The summed E-state index contributed by atoms with van der Waals surface area (Å²) in [6.07, 6.45) is 1.39. The van der Waals surface area contributed by atoms with E-state index in [4.69, 9.17) is 17.3 Å². The van der Waals surface area contributed by atoms with Crippen LogP contribution in [0.25, 0.3) is 0 Å². The Bertz CT molecular complexity index is 745. The zero-order chi connectivity index (χ0) is 14.9. The van der Waals surface area contributed by atoms with Crippen molar-refractivity contribution in [3.8, 4) is 0 Å². The molecule has 20 heavy (non-hydrogen) atoms. The van der Waals surface area contributed by atoms with Gasteiger partial charge in [-0.25, -0.2) is 8.42 Å². The van der Waals surface area contributed by atoms with Gasteiger partial charge < -0.3 is 5.73 Å². The van der Waals surface area contributed by atoms with Gasteiger partial charge >= 0.3 is 0 Å². The average Bonchev–Trinajstić information content (AvgIpc) is 2.76. The van der Waals surface area contributed by atoms with Crippen LogP contribution < -0.4 is 10.5 Å². The standard InChI is InChI=1S/C11H12BrClN4O2S/c1-2-17-6-10(11(14)15-17)20(18,19)16-7-3-4-9(13)8(12)5-7/h3-6,16H,2H2,1H3,(H2,14,15). The molecule has 0 fully saturated rings. The van der Waals surface area contributed by atoms with E-state index in [0.717, 1.165) is 0 Å². The fraction of sp³-hybridized carbons (Fsp3) is 0.182. The van der Waals surface area contributed by atoms with Gasteiger partial charge in [-0.1, -0.05) is 11.6 Å². The van der Waals surface area contributed by atoms with E-state index < -0.39 is 10.0 Å². The molecular weight excluding hydrogens is 368 g/mol. The molecule has 0 amide bonds. The number of aryl methyl sites for hydroxylation is 1. The highest BCUT2D eigenvalue weighted by Gasteiger charge is 2.21. The van der Waals surface area contributed by atoms with Gasteiger partial charge in [-0.2, -0.15) is 5.10 Å². The molecule has 0 aliphatic rings. The van der Waals surface area contributed by atoms with Gasteiger partial charge in [0.1, 0.15) is 4.90 Å². The van der Waals surface area contributed by atoms with Crippen LogP contribution in [-0.2, 0) is 16.6 Å². The molecule has 9 heteroatoms. The first-order valence-corrected chi connectivity index (χ1v) is 8.29. The average molecular weight is 380 g/mol. The molecular formula is C11H12BrClN4O2S. The highest BCUT2D eigenvalue weighted by Crippen LogP contribution is 2.27. The first-order chi connectivity index (χ1) is 9.33. The lowest BCUT2D eigenvalue weighted by molar-refractivity contribution is 0.600. The van der Waals surface area contributed by atoms with Crippen LogP contribution in [0.4, 0.5) is 11.5 Å². The SMILES string of the molecule is CCn1cc(S(=O)(=O)Nc2ccc(Cl)c(Br)c2)c(N)n1. The molecule has 0 spiro atoms. The molecule has 2 aromatic rings. The molecule has 1 heterocycles. The Morgan fingerprint density at radius 1 is 1.50 bits per heavy atom. The van der Waals surface area contributed by atoms with E-state index in [1.807, 2.05) is 6.92 Å². The number of sulfonamides is 1. The van der Waals surface area contributed by atoms with E-state index in [1.165, 1.54) is 10.9 Å². The van der Waals surface area contributed by atoms with Crippen LogP contribution in [0.2, 0.25) is 5.02 Å². The molecule has 0 radical (unpaired) electrons. The molecule has 0 saturated heterocycles. The van der Waals surface area contributed by atoms with Crippen molar-refractivity contribution in [1.29, 1.82) is 0 Å². The second-order valence-corrected chi connectivity index (χ2v) is 6.88. The van der Waals surface area contributed by atoms with Crippen molar-refractivity contribution < 1.29 is 8.42 Å². The van der Waals surface area contributed by atoms with Gasteiger partial charge in [0.2, 0.25) is 0 Å². The minimum atomic E-state index is -3.79. The zero-order valence-corrected chi connectivity index (χ0v) is 13.6. The van der Waals surface area contributed by atoms with Crippen molar-refractivity contribution in [2.45, 2.75) is 18.4 Å². The highest BCUT2D eigenvalue weighted by atomic mass is 79.9. The Morgan fingerprint density at radius 2 is 2.20 bits per heavy atom. The fourth-order valence-corrected chi connectivity index (χ4v) is 3.18. The lowest BCUT2D eigenvalue weighted by atomic mass is 10.3. The lowest BCUT2D eigenvalue weighted by Crippen LogP contribution is -2.13. The predicted molar refractivity (Wildman–Crippen MR) is 82.3 cm³/mol. The molecule has 0 aliphatic carbocycles. The normalized spacial score (nSPS) is 11.6. The molecule has 1 aromatic carbocycles. The second-order valence-electron chi connectivity index (χ2n) is 3.97. The topological polar surface area (TPSA) is 90.0 Å². The third-order valence-corrected chi connectivity index (χ3v) is 5.15. The minimum absolute atomic E-state index is 0.0348. The van der Waals surface area contributed by atoms with Gasteiger partial charge in [-0.15, -0.1) is 0 Å². The van der Waals surface area contributed by atoms with Gasteiger partial charge in [-0.05, 0) is 41.1 Å². The van der Waals surface area contributed by atoms with Crippen LogP contribution in [0.5, 0.6) is 0 Å². The number of halogens is 2. The Kier molecular flexibility index (Phi) is 4.26. The molecule has 1 aromatic heterocycles. The monoisotopic (exact) mass is 378 g/mol. The number of nitrogens with one attached hydrogen (secondary N) is 1. The number of benzene rings is 1. The first-order valence-electron chi connectivity index (χ1n) is 5.64. The maximum Gasteiger partial charge on any atom is 0.267 e. The van der Waals surface area contributed by atoms with Crippen molar-refractivity contribution in [1.82, 2.24) is 9.78 Å². The summed E-state index contributed by atoms with van der Waals surface area (Å²) < 4.78 is 29.0. The maximum absolute atomic E-state index is 12.3. The molecule has 0 unspecified atom stereocenters. The number of nitrogens with two attached hydrogens (primary N) is 1. The van der Waals surface area contributed by atoms with Crippen LogP contribution in [0.3, 0.4) is 0 Å². The number of nitrogens with zero attached hydrogens (tertiary/aromatic N) is 2. The van der Waals surface area contributed by atoms with Crippen molar-refractivity contribution in [2.75, 3.05) is 10.5 Å². The summed E-state index contributed by atoms with van der Waals surface area (Å²) in [4.78, 5) is -0.0505. The van der Waals surface area contributed by atoms with Crippen LogP contribution in [0.1, 0.15) is 6.92 Å². The summed E-state index contributed by atoms with van der Waals surface area (Å²) in [6.45, 7) is 2.37. The number of hydrogen-bond donors (Lipinski definition) is 2. The summed E-state index contributed by atoms with van der Waals surface area (Å²) in [5.74, 6) is -0.0348. The number of anilines is 2. The lowest BCUT2D eigenvalue weighted by Gasteiger charge is -2.07. The smallest absolute Gasteiger partial charge is 0.267 e. The fourth-order valence-electron chi connectivity index (χ4n) is 1.56. The molecule has 0 aliphatic heterocycles. The van der Waals surface area contributed by atoms with Gasteiger partial charge in [0.05, 0.1) is 10.7 Å². The minimum Gasteiger partial charge on any atom is -0.381 e. The van der Waals surface area contributed by atoms with E-state index in [2.05, 4.69) is 25.8 Å². The maximum atomic E-state index is 12.3. The molecule has 2 rings (SSSR count). The molecule has 6 nitrogen and oxygen atoms in total. The predicted octanol–water partition coefficient (Wildman–Crippen LogP) is 2.70. The summed E-state index contributed by atoms with van der Waals surface area (Å²) in [6, 6.07) is 4.72. The first kappa shape index (κ1) is 15.1. The molecule has 108 valence electrons. The van der Waals surface area contributed by atoms with Crippen molar-refractivity contribution in [3.63, 3.8) is 0 Å². The van der Waals surface area contributed by atoms with Crippen molar-refractivity contribution in [3.05, 3.63) is 33.9 Å². The van der Waals surface area contributed by atoms with Gasteiger partial charge in [0.15, 0.2) is 5.82 Å². The summed E-state index contributed by atoms with van der Waals surface area (Å²) >= 11 is 9.09. The zero-order valence-electron chi connectivity index (χ0n) is 10.5. The van der Waals surface area contributed by atoms with Crippen LogP contribution in [-0.4, -0.2) is 18.2 Å².